The number of aliphatic carboxylic acids is 1. The maximum atomic E-state index is 9.26. The van der Waals surface area contributed by atoms with Gasteiger partial charge in [0.2, 0.25) is 0 Å². The SMILES string of the molecule is CCC(=O)[O-].O.[Cr+3].[O-2]. The van der Waals surface area contributed by atoms with Gasteiger partial charge in [-0.05, 0) is 6.42 Å². The van der Waals surface area contributed by atoms with E-state index in [0.717, 1.165) is 0 Å². The number of carboxylic acids is 1. The molecule has 0 aromatic carbocycles. The fourth-order valence-corrected chi connectivity index (χ4v) is 0. The summed E-state index contributed by atoms with van der Waals surface area (Å²) in [5.74, 6) is -0.995. The molecule has 0 unspecified atom stereocenters. The molecule has 0 aromatic heterocycles. The van der Waals surface area contributed by atoms with Gasteiger partial charge in [-0.25, -0.2) is 0 Å². The molecule has 1 radical (unpaired) electrons. The summed E-state index contributed by atoms with van der Waals surface area (Å²) in [7, 11) is 0. The molecule has 2 N–H and O–H groups in total. The quantitative estimate of drug-likeness (QED) is 0.450. The zero-order valence-electron chi connectivity index (χ0n) is 4.34. The van der Waals surface area contributed by atoms with Gasteiger partial charge >= 0.3 is 17.4 Å². The van der Waals surface area contributed by atoms with E-state index in [2.05, 4.69) is 0 Å². The van der Waals surface area contributed by atoms with E-state index < -0.39 is 5.97 Å². The second kappa shape index (κ2) is 15.8. The third-order valence-corrected chi connectivity index (χ3v) is 0.289. The average molecular weight is 159 g/mol. The molecular weight excluding hydrogens is 152 g/mol. The molecule has 0 rings (SSSR count). The summed E-state index contributed by atoms with van der Waals surface area (Å²) in [5, 5.41) is 9.26. The van der Waals surface area contributed by atoms with Gasteiger partial charge in [0.05, 0.1) is 0 Å². The third kappa shape index (κ3) is 38.8. The van der Waals surface area contributed by atoms with Crippen LogP contribution in [0.1, 0.15) is 13.3 Å². The van der Waals surface area contributed by atoms with Crippen LogP contribution in [0.15, 0.2) is 0 Å². The van der Waals surface area contributed by atoms with Gasteiger partial charge in [0, 0.05) is 5.97 Å². The second-order valence-electron chi connectivity index (χ2n) is 0.726. The van der Waals surface area contributed by atoms with Crippen LogP contribution in [0.5, 0.6) is 0 Å². The molecular formula is C3H7CrO4. The van der Waals surface area contributed by atoms with Crippen LogP contribution >= 0.6 is 0 Å². The van der Waals surface area contributed by atoms with Crippen LogP contribution in [-0.4, -0.2) is 11.4 Å². The molecule has 8 heavy (non-hydrogen) atoms. The number of carbonyl (C=O) groups excluding carboxylic acids is 1. The van der Waals surface area contributed by atoms with E-state index in [0.29, 0.717) is 0 Å². The molecule has 0 saturated carbocycles. The van der Waals surface area contributed by atoms with Crippen LogP contribution in [0.3, 0.4) is 0 Å². The Kier molecular flexibility index (Phi) is 48.7. The molecule has 0 amide bonds. The van der Waals surface area contributed by atoms with Crippen molar-refractivity contribution in [3.8, 4) is 0 Å². The molecule has 5 heteroatoms. The van der Waals surface area contributed by atoms with Gasteiger partial charge in [-0.15, -0.1) is 0 Å². The predicted molar refractivity (Wildman–Crippen MR) is 19.6 cm³/mol. The fourth-order valence-electron chi connectivity index (χ4n) is 0. The maximum Gasteiger partial charge on any atom is 3.00 e. The van der Waals surface area contributed by atoms with Gasteiger partial charge in [-0.3, -0.25) is 0 Å². The summed E-state index contributed by atoms with van der Waals surface area (Å²) < 4.78 is 0. The Labute approximate surface area is 58.3 Å². The fraction of sp³-hybridized carbons (Fsp3) is 0.667. The Balaban J connectivity index is -0.0000000267. The Morgan fingerprint density at radius 3 is 1.75 bits per heavy atom. The van der Waals surface area contributed by atoms with Crippen molar-refractivity contribution in [2.24, 2.45) is 0 Å². The number of hydrogen-bond donors (Lipinski definition) is 0. The Morgan fingerprint density at radius 2 is 1.75 bits per heavy atom. The summed E-state index contributed by atoms with van der Waals surface area (Å²) in [4.78, 5) is 9.26. The van der Waals surface area contributed by atoms with Crippen molar-refractivity contribution < 1.29 is 38.2 Å². The van der Waals surface area contributed by atoms with Crippen LogP contribution in [0, 0.1) is 0 Å². The molecule has 0 heterocycles. The van der Waals surface area contributed by atoms with Crippen molar-refractivity contribution in [2.45, 2.75) is 13.3 Å². The minimum Gasteiger partial charge on any atom is -2.00 e. The minimum atomic E-state index is -0.995. The van der Waals surface area contributed by atoms with Crippen LogP contribution in [0.2, 0.25) is 0 Å². The van der Waals surface area contributed by atoms with E-state index in [9.17, 15) is 9.90 Å². The summed E-state index contributed by atoms with van der Waals surface area (Å²) in [5.41, 5.74) is 0. The van der Waals surface area contributed by atoms with Crippen molar-refractivity contribution in [3.63, 3.8) is 0 Å². The van der Waals surface area contributed by atoms with Gasteiger partial charge in [0.1, 0.15) is 0 Å². The molecule has 0 aliphatic rings. The standard InChI is InChI=1S/C3H6O2.Cr.H2O.O/c1-2-3(4)5;;;/h2H2,1H3,(H,4,5);;1H2;/q;+3;;-2/p-1. The first-order valence-electron chi connectivity index (χ1n) is 1.47. The molecule has 0 aliphatic heterocycles. The summed E-state index contributed by atoms with van der Waals surface area (Å²) in [6, 6.07) is 0. The largest absolute Gasteiger partial charge is 3.00 e. The molecule has 0 aliphatic carbocycles. The Hall–Kier alpha value is -0.0775. The van der Waals surface area contributed by atoms with Gasteiger partial charge in [-0.2, -0.15) is 0 Å². The number of carboxylic acid groups (broad SMARTS) is 1. The third-order valence-electron chi connectivity index (χ3n) is 0.289. The zero-order valence-corrected chi connectivity index (χ0v) is 5.62. The van der Waals surface area contributed by atoms with Crippen LogP contribution in [0.4, 0.5) is 0 Å². The van der Waals surface area contributed by atoms with Crippen molar-refractivity contribution in [1.82, 2.24) is 0 Å². The van der Waals surface area contributed by atoms with Crippen molar-refractivity contribution in [3.05, 3.63) is 0 Å². The van der Waals surface area contributed by atoms with Crippen molar-refractivity contribution in [2.75, 3.05) is 0 Å². The molecule has 49 valence electrons. The molecule has 0 saturated heterocycles. The van der Waals surface area contributed by atoms with Gasteiger partial charge in [-0.1, -0.05) is 6.92 Å². The van der Waals surface area contributed by atoms with Crippen LogP contribution in [0.25, 0.3) is 0 Å². The predicted octanol–water partition coefficient (Wildman–Crippen LogP) is -1.80. The number of hydrogen-bond acceptors (Lipinski definition) is 2. The van der Waals surface area contributed by atoms with E-state index in [1.807, 2.05) is 0 Å². The van der Waals surface area contributed by atoms with E-state index in [4.69, 9.17) is 0 Å². The molecule has 0 bridgehead atoms. The molecule has 0 atom stereocenters. The van der Waals surface area contributed by atoms with Gasteiger partial charge in [0.15, 0.2) is 0 Å². The minimum absolute atomic E-state index is 0. The van der Waals surface area contributed by atoms with E-state index in [1.54, 1.807) is 0 Å². The molecule has 0 spiro atoms. The van der Waals surface area contributed by atoms with E-state index in [1.165, 1.54) is 6.92 Å². The molecule has 0 aromatic rings. The normalized spacial score (nSPS) is 4.62. The molecule has 4 nitrogen and oxygen atoms in total. The Morgan fingerprint density at radius 1 is 1.62 bits per heavy atom. The topological polar surface area (TPSA) is 100 Å². The number of carbonyl (C=O) groups is 1. The maximum absolute atomic E-state index is 9.26. The number of rotatable bonds is 1. The zero-order chi connectivity index (χ0) is 4.28. The first-order chi connectivity index (χ1) is 2.27. The summed E-state index contributed by atoms with van der Waals surface area (Å²) in [6.07, 6.45) is 0.111. The second-order valence-corrected chi connectivity index (χ2v) is 0.726. The first kappa shape index (κ1) is 24.7. The van der Waals surface area contributed by atoms with Crippen molar-refractivity contribution >= 4 is 5.97 Å². The summed E-state index contributed by atoms with van der Waals surface area (Å²) >= 11 is 0. The van der Waals surface area contributed by atoms with E-state index >= 15 is 0 Å². The van der Waals surface area contributed by atoms with Gasteiger partial charge in [0.25, 0.3) is 0 Å². The van der Waals surface area contributed by atoms with Crippen molar-refractivity contribution in [1.29, 1.82) is 0 Å². The van der Waals surface area contributed by atoms with Gasteiger partial charge < -0.3 is 20.9 Å². The monoisotopic (exact) mass is 159 g/mol. The Bertz CT molecular complexity index is 46.5. The van der Waals surface area contributed by atoms with E-state index in [-0.39, 0.29) is 34.7 Å². The summed E-state index contributed by atoms with van der Waals surface area (Å²) in [6.45, 7) is 1.54. The first-order valence-corrected chi connectivity index (χ1v) is 1.47. The molecule has 0 fully saturated rings. The smallest absolute Gasteiger partial charge is 2.00 e. The average Bonchev–Trinajstić information content (AvgIpc) is 1.38. The van der Waals surface area contributed by atoms with Crippen LogP contribution in [-0.2, 0) is 27.6 Å². The van der Waals surface area contributed by atoms with Crippen LogP contribution < -0.4 is 5.11 Å².